The van der Waals surface area contributed by atoms with E-state index in [1.54, 1.807) is 11.3 Å². The number of hydrogen-bond donors (Lipinski definition) is 0. The van der Waals surface area contributed by atoms with Crippen LogP contribution in [0.1, 0.15) is 0 Å². The Labute approximate surface area is 357 Å². The van der Waals surface area contributed by atoms with E-state index in [0.29, 0.717) is 0 Å². The molecule has 0 saturated heterocycles. The van der Waals surface area contributed by atoms with E-state index in [1.807, 2.05) is 0 Å². The van der Waals surface area contributed by atoms with Crippen molar-refractivity contribution in [3.05, 3.63) is 218 Å². The smallest absolute Gasteiger partial charge is 0.161 e. The van der Waals surface area contributed by atoms with E-state index in [2.05, 4.69) is 218 Å². The van der Waals surface area contributed by atoms with Crippen molar-refractivity contribution in [3.63, 3.8) is 0 Å². The van der Waals surface area contributed by atoms with Gasteiger partial charge in [0.15, 0.2) is 5.82 Å². The Morgan fingerprint density at radius 1 is 0.295 bits per heavy atom. The standard InChI is InChI=1S/C58H36N2S/c1-3-16-37(17-4-1)44-34-45(38-18-5-2-6-19-38)36-46(35-44)42-24-13-22-40(32-42)41-23-14-25-43(33-41)57-59-55(51-31-15-21-39-20-7-8-26-47(39)51)54-53-50-29-11-9-27-48(50)49-28-10-12-30-52(49)56(53)61-58(54)60-57/h1-36H. The van der Waals surface area contributed by atoms with Crippen molar-refractivity contribution >= 4 is 64.0 Å². The van der Waals surface area contributed by atoms with E-state index < -0.39 is 0 Å². The van der Waals surface area contributed by atoms with Crippen LogP contribution in [-0.4, -0.2) is 9.97 Å². The van der Waals surface area contributed by atoms with Gasteiger partial charge in [0.1, 0.15) is 4.83 Å². The Balaban J connectivity index is 1.04. The molecule has 0 spiro atoms. The summed E-state index contributed by atoms with van der Waals surface area (Å²) in [4.78, 5) is 12.0. The summed E-state index contributed by atoms with van der Waals surface area (Å²) >= 11 is 1.78. The Bertz CT molecular complexity index is 3580. The second kappa shape index (κ2) is 14.5. The SMILES string of the molecule is c1ccc(-c2cc(-c3ccccc3)cc(-c3cccc(-c4cccc(-c5nc(-c6cccc7ccccc67)c6c(n5)sc5c7ccccc7c7ccccc7c56)c4)c3)c2)cc1. The molecule has 0 N–H and O–H groups in total. The van der Waals surface area contributed by atoms with Crippen LogP contribution in [-0.2, 0) is 0 Å². The first-order chi connectivity index (χ1) is 30.2. The molecule has 10 aromatic carbocycles. The van der Waals surface area contributed by atoms with Crippen molar-refractivity contribution in [2.45, 2.75) is 0 Å². The van der Waals surface area contributed by atoms with Gasteiger partial charge in [-0.05, 0) is 102 Å². The number of aromatic nitrogens is 2. The van der Waals surface area contributed by atoms with Gasteiger partial charge in [-0.25, -0.2) is 9.97 Å². The van der Waals surface area contributed by atoms with Gasteiger partial charge in [-0.2, -0.15) is 0 Å². The van der Waals surface area contributed by atoms with Gasteiger partial charge in [-0.3, -0.25) is 0 Å². The molecular formula is C58H36N2S. The lowest BCUT2D eigenvalue weighted by Gasteiger charge is -2.13. The lowest BCUT2D eigenvalue weighted by molar-refractivity contribution is 1.24. The molecule has 0 aliphatic rings. The third kappa shape index (κ3) is 6.09. The maximum atomic E-state index is 5.57. The van der Waals surface area contributed by atoms with Gasteiger partial charge in [-0.15, -0.1) is 11.3 Å². The average Bonchev–Trinajstić information content (AvgIpc) is 3.74. The molecule has 2 heterocycles. The van der Waals surface area contributed by atoms with Crippen LogP contribution in [0.25, 0.3) is 120 Å². The van der Waals surface area contributed by atoms with E-state index in [0.717, 1.165) is 44.0 Å². The lowest BCUT2D eigenvalue weighted by atomic mass is 9.92. The number of fused-ring (bicyclic) bond motifs is 9. The molecule has 0 bridgehead atoms. The zero-order chi connectivity index (χ0) is 40.3. The number of hydrogen-bond acceptors (Lipinski definition) is 3. The van der Waals surface area contributed by atoms with Crippen LogP contribution in [0.3, 0.4) is 0 Å². The molecule has 0 radical (unpaired) electrons. The van der Waals surface area contributed by atoms with Gasteiger partial charge < -0.3 is 0 Å². The minimum atomic E-state index is 0.719. The topological polar surface area (TPSA) is 25.8 Å². The second-order valence-electron chi connectivity index (χ2n) is 15.7. The van der Waals surface area contributed by atoms with Crippen LogP contribution in [0.4, 0.5) is 0 Å². The molecule has 61 heavy (non-hydrogen) atoms. The highest BCUT2D eigenvalue weighted by atomic mass is 32.1. The van der Waals surface area contributed by atoms with Gasteiger partial charge in [0.05, 0.1) is 5.69 Å². The molecule has 0 saturated carbocycles. The lowest BCUT2D eigenvalue weighted by Crippen LogP contribution is -1.95. The van der Waals surface area contributed by atoms with Crippen molar-refractivity contribution in [1.29, 1.82) is 0 Å². The first-order valence-corrected chi connectivity index (χ1v) is 21.5. The molecule has 0 aliphatic heterocycles. The van der Waals surface area contributed by atoms with Crippen molar-refractivity contribution in [2.24, 2.45) is 0 Å². The van der Waals surface area contributed by atoms with Crippen LogP contribution < -0.4 is 0 Å². The highest BCUT2D eigenvalue weighted by Crippen LogP contribution is 2.47. The molecule has 0 atom stereocenters. The van der Waals surface area contributed by atoms with Crippen LogP contribution >= 0.6 is 11.3 Å². The Morgan fingerprint density at radius 3 is 1.41 bits per heavy atom. The van der Waals surface area contributed by atoms with Crippen molar-refractivity contribution < 1.29 is 0 Å². The first-order valence-electron chi connectivity index (χ1n) is 20.7. The van der Waals surface area contributed by atoms with Gasteiger partial charge in [-0.1, -0.05) is 188 Å². The average molecular weight is 793 g/mol. The third-order valence-electron chi connectivity index (χ3n) is 12.1. The molecule has 2 nitrogen and oxygen atoms in total. The molecule has 0 aliphatic carbocycles. The summed E-state index contributed by atoms with van der Waals surface area (Å²) in [6.45, 7) is 0. The third-order valence-corrected chi connectivity index (χ3v) is 13.2. The van der Waals surface area contributed by atoms with E-state index >= 15 is 0 Å². The molecule has 0 amide bonds. The predicted molar refractivity (Wildman–Crippen MR) is 260 cm³/mol. The zero-order valence-electron chi connectivity index (χ0n) is 33.1. The van der Waals surface area contributed by atoms with E-state index in [1.165, 1.54) is 75.8 Å². The molecule has 284 valence electrons. The van der Waals surface area contributed by atoms with Gasteiger partial charge in [0.2, 0.25) is 0 Å². The van der Waals surface area contributed by atoms with Gasteiger partial charge in [0, 0.05) is 32.0 Å². The minimum Gasteiger partial charge on any atom is -0.227 e. The van der Waals surface area contributed by atoms with Crippen LogP contribution in [0.2, 0.25) is 0 Å². The summed E-state index contributed by atoms with van der Waals surface area (Å²) in [5.41, 5.74) is 12.4. The van der Waals surface area contributed by atoms with Crippen molar-refractivity contribution in [2.75, 3.05) is 0 Å². The summed E-state index contributed by atoms with van der Waals surface area (Å²) in [5, 5.41) is 9.68. The quantitative estimate of drug-likeness (QED) is 0.157. The van der Waals surface area contributed by atoms with E-state index in [-0.39, 0.29) is 0 Å². The Hall–Kier alpha value is -7.72. The molecule has 12 rings (SSSR count). The van der Waals surface area contributed by atoms with Gasteiger partial charge >= 0.3 is 0 Å². The Morgan fingerprint density at radius 2 is 0.738 bits per heavy atom. The fourth-order valence-corrected chi connectivity index (χ4v) is 10.4. The summed E-state index contributed by atoms with van der Waals surface area (Å²) in [5.74, 6) is 0.719. The first kappa shape index (κ1) is 35.2. The van der Waals surface area contributed by atoms with Crippen molar-refractivity contribution in [3.8, 4) is 67.2 Å². The van der Waals surface area contributed by atoms with Crippen LogP contribution in [0.15, 0.2) is 218 Å². The number of rotatable bonds is 6. The maximum Gasteiger partial charge on any atom is 0.161 e. The number of thiophene rings is 1. The molecule has 0 unspecified atom stereocenters. The summed E-state index contributed by atoms with van der Waals surface area (Å²) in [7, 11) is 0. The van der Waals surface area contributed by atoms with Crippen LogP contribution in [0, 0.1) is 0 Å². The van der Waals surface area contributed by atoms with Crippen LogP contribution in [0.5, 0.6) is 0 Å². The largest absolute Gasteiger partial charge is 0.227 e. The molecular weight excluding hydrogens is 757 g/mol. The molecule has 3 heteroatoms. The van der Waals surface area contributed by atoms with E-state index in [9.17, 15) is 0 Å². The van der Waals surface area contributed by atoms with Crippen molar-refractivity contribution in [1.82, 2.24) is 9.97 Å². The molecule has 0 fully saturated rings. The summed E-state index contributed by atoms with van der Waals surface area (Å²) in [6, 6.07) is 78.6. The molecule has 2 aromatic heterocycles. The van der Waals surface area contributed by atoms with Gasteiger partial charge in [0.25, 0.3) is 0 Å². The number of benzene rings is 10. The Kier molecular flexibility index (Phi) is 8.39. The molecule has 12 aromatic rings. The highest BCUT2D eigenvalue weighted by Gasteiger charge is 2.22. The monoisotopic (exact) mass is 792 g/mol. The fraction of sp³-hybridized carbons (Fsp3) is 0. The summed E-state index contributed by atoms with van der Waals surface area (Å²) < 4.78 is 1.24. The zero-order valence-corrected chi connectivity index (χ0v) is 33.9. The fourth-order valence-electron chi connectivity index (χ4n) is 9.16. The minimum absolute atomic E-state index is 0.719. The second-order valence-corrected chi connectivity index (χ2v) is 16.7. The summed E-state index contributed by atoms with van der Waals surface area (Å²) in [6.07, 6.45) is 0. The van der Waals surface area contributed by atoms with E-state index in [4.69, 9.17) is 9.97 Å². The predicted octanol–water partition coefficient (Wildman–Crippen LogP) is 16.3. The number of nitrogens with zero attached hydrogens (tertiary/aromatic N) is 2. The maximum absolute atomic E-state index is 5.57. The normalized spacial score (nSPS) is 11.6. The highest BCUT2D eigenvalue weighted by molar-refractivity contribution is 7.26.